The minimum Gasteiger partial charge on any atom is -0.507 e. The number of para-hydroxylation sites is 1. The van der Waals surface area contributed by atoms with Crippen molar-refractivity contribution in [1.82, 2.24) is 14.3 Å². The van der Waals surface area contributed by atoms with Crippen LogP contribution in [0.25, 0.3) is 22.6 Å². The molecule has 6 nitrogen and oxygen atoms in total. The molecule has 2 N–H and O–H groups in total. The van der Waals surface area contributed by atoms with Crippen molar-refractivity contribution in [2.75, 3.05) is 13.1 Å². The van der Waals surface area contributed by atoms with Crippen LogP contribution in [0, 0.1) is 0 Å². The molecular formula is C20H21N3O3S. The van der Waals surface area contributed by atoms with Gasteiger partial charge < -0.3 is 10.1 Å². The minimum absolute atomic E-state index is 0.161. The second-order valence-corrected chi connectivity index (χ2v) is 8.59. The van der Waals surface area contributed by atoms with E-state index in [2.05, 4.69) is 9.97 Å². The van der Waals surface area contributed by atoms with Crippen LogP contribution in [0.3, 0.4) is 0 Å². The molecule has 140 valence electrons. The molecule has 0 amide bonds. The molecule has 27 heavy (non-hydrogen) atoms. The smallest absolute Gasteiger partial charge is 0.243 e. The standard InChI is InChI=1S/C20H21N3O3S/c24-19-10-3-2-9-17(19)18-14-21-20(22-18)15-7-6-8-16(13-15)27(25,26)23-11-4-1-5-12-23/h2-3,6-10,13-14,24H,1,4-5,11-12H2,(H,21,22). The van der Waals surface area contributed by atoms with E-state index < -0.39 is 10.0 Å². The molecule has 1 aromatic heterocycles. The molecule has 0 spiro atoms. The number of H-pyrrole nitrogens is 1. The summed E-state index contributed by atoms with van der Waals surface area (Å²) in [6, 6.07) is 13.8. The molecule has 0 aliphatic carbocycles. The van der Waals surface area contributed by atoms with Crippen molar-refractivity contribution >= 4 is 10.0 Å². The number of piperidine rings is 1. The zero-order valence-electron chi connectivity index (χ0n) is 14.8. The molecule has 0 atom stereocenters. The highest BCUT2D eigenvalue weighted by Crippen LogP contribution is 2.30. The number of nitrogens with one attached hydrogen (secondary N) is 1. The fraction of sp³-hybridized carbons (Fsp3) is 0.250. The van der Waals surface area contributed by atoms with Gasteiger partial charge in [-0.1, -0.05) is 30.7 Å². The molecule has 1 aliphatic rings. The first-order chi connectivity index (χ1) is 13.1. The maximum atomic E-state index is 12.9. The van der Waals surface area contributed by atoms with Crippen LogP contribution < -0.4 is 0 Å². The third-order valence-corrected chi connectivity index (χ3v) is 6.72. The van der Waals surface area contributed by atoms with E-state index in [0.29, 0.717) is 35.7 Å². The number of aromatic hydroxyl groups is 1. The highest BCUT2D eigenvalue weighted by atomic mass is 32.2. The Labute approximate surface area is 158 Å². The van der Waals surface area contributed by atoms with E-state index >= 15 is 0 Å². The van der Waals surface area contributed by atoms with Crippen LogP contribution in [0.2, 0.25) is 0 Å². The van der Waals surface area contributed by atoms with Crippen LogP contribution in [0.5, 0.6) is 5.75 Å². The van der Waals surface area contributed by atoms with Crippen LogP contribution in [0.4, 0.5) is 0 Å². The summed E-state index contributed by atoms with van der Waals surface area (Å²) in [5.74, 6) is 0.720. The molecule has 2 aromatic carbocycles. The van der Waals surface area contributed by atoms with Crippen molar-refractivity contribution in [1.29, 1.82) is 0 Å². The molecule has 4 rings (SSSR count). The van der Waals surface area contributed by atoms with Gasteiger partial charge >= 0.3 is 0 Å². The largest absolute Gasteiger partial charge is 0.507 e. The number of hydrogen-bond donors (Lipinski definition) is 2. The molecule has 3 aromatic rings. The van der Waals surface area contributed by atoms with Crippen LogP contribution in [-0.4, -0.2) is 40.9 Å². The molecular weight excluding hydrogens is 362 g/mol. The van der Waals surface area contributed by atoms with Crippen molar-refractivity contribution in [2.24, 2.45) is 0 Å². The first-order valence-corrected chi connectivity index (χ1v) is 10.4. The molecule has 0 unspecified atom stereocenters. The van der Waals surface area contributed by atoms with Gasteiger partial charge in [-0.2, -0.15) is 4.31 Å². The lowest BCUT2D eigenvalue weighted by atomic mass is 10.1. The van der Waals surface area contributed by atoms with E-state index in [0.717, 1.165) is 19.3 Å². The number of rotatable bonds is 4. The number of hydrogen-bond acceptors (Lipinski definition) is 4. The normalized spacial score (nSPS) is 15.7. The SMILES string of the molecule is O=S(=O)(c1cccc(-c2ncc(-c3ccccc3O)[nH]2)c1)N1CCCCC1. The van der Waals surface area contributed by atoms with E-state index in [4.69, 9.17) is 0 Å². The van der Waals surface area contributed by atoms with Gasteiger partial charge in [-0.15, -0.1) is 0 Å². The van der Waals surface area contributed by atoms with Gasteiger partial charge in [0.25, 0.3) is 0 Å². The van der Waals surface area contributed by atoms with Crippen LogP contribution in [-0.2, 0) is 10.0 Å². The Morgan fingerprint density at radius 3 is 2.56 bits per heavy atom. The summed E-state index contributed by atoms with van der Waals surface area (Å²) in [6.07, 6.45) is 4.52. The zero-order chi connectivity index (χ0) is 18.9. The van der Waals surface area contributed by atoms with Gasteiger partial charge in [0.1, 0.15) is 11.6 Å². The van der Waals surface area contributed by atoms with Gasteiger partial charge in [0.2, 0.25) is 10.0 Å². The predicted molar refractivity (Wildman–Crippen MR) is 104 cm³/mol. The lowest BCUT2D eigenvalue weighted by Gasteiger charge is -2.26. The summed E-state index contributed by atoms with van der Waals surface area (Å²) in [6.45, 7) is 1.15. The molecule has 0 saturated carbocycles. The number of aromatic amines is 1. The number of sulfonamides is 1. The lowest BCUT2D eigenvalue weighted by Crippen LogP contribution is -2.35. The van der Waals surface area contributed by atoms with E-state index in [1.807, 2.05) is 12.1 Å². The van der Waals surface area contributed by atoms with Gasteiger partial charge in [0.05, 0.1) is 16.8 Å². The number of benzene rings is 2. The van der Waals surface area contributed by atoms with Crippen molar-refractivity contribution < 1.29 is 13.5 Å². The summed E-state index contributed by atoms with van der Waals surface area (Å²) in [4.78, 5) is 7.81. The molecule has 1 aliphatic heterocycles. The predicted octanol–water partition coefficient (Wildman–Crippen LogP) is 3.62. The molecule has 7 heteroatoms. The fourth-order valence-corrected chi connectivity index (χ4v) is 4.93. The Bertz CT molecular complexity index is 1050. The Morgan fingerprint density at radius 1 is 1.00 bits per heavy atom. The monoisotopic (exact) mass is 383 g/mol. The van der Waals surface area contributed by atoms with Gasteiger partial charge in [0, 0.05) is 24.2 Å². The average molecular weight is 383 g/mol. The summed E-state index contributed by atoms with van der Waals surface area (Å²) in [5.41, 5.74) is 2.01. The van der Waals surface area contributed by atoms with Crippen molar-refractivity contribution in [3.8, 4) is 28.4 Å². The first kappa shape index (κ1) is 17.8. The number of phenols is 1. The lowest BCUT2D eigenvalue weighted by molar-refractivity contribution is 0.346. The number of imidazole rings is 1. The van der Waals surface area contributed by atoms with Crippen molar-refractivity contribution in [2.45, 2.75) is 24.2 Å². The number of aromatic nitrogens is 2. The molecule has 1 saturated heterocycles. The Morgan fingerprint density at radius 2 is 1.78 bits per heavy atom. The molecule has 1 fully saturated rings. The quantitative estimate of drug-likeness (QED) is 0.720. The van der Waals surface area contributed by atoms with E-state index in [1.54, 1.807) is 46.9 Å². The Kier molecular flexibility index (Phi) is 4.72. The third kappa shape index (κ3) is 3.48. The Hall–Kier alpha value is -2.64. The summed E-state index contributed by atoms with van der Waals surface area (Å²) in [7, 11) is -3.49. The fourth-order valence-electron chi connectivity index (χ4n) is 3.36. The van der Waals surface area contributed by atoms with Crippen LogP contribution >= 0.6 is 0 Å². The maximum Gasteiger partial charge on any atom is 0.243 e. The highest BCUT2D eigenvalue weighted by molar-refractivity contribution is 7.89. The molecule has 0 bridgehead atoms. The van der Waals surface area contributed by atoms with Crippen LogP contribution in [0.15, 0.2) is 59.6 Å². The average Bonchev–Trinajstić information content (AvgIpc) is 3.19. The summed E-state index contributed by atoms with van der Waals surface area (Å²) in [5, 5.41) is 10.0. The number of nitrogens with zero attached hydrogens (tertiary/aromatic N) is 2. The van der Waals surface area contributed by atoms with Gasteiger partial charge in [-0.3, -0.25) is 0 Å². The molecule has 2 heterocycles. The van der Waals surface area contributed by atoms with Gasteiger partial charge in [-0.05, 0) is 37.1 Å². The Balaban J connectivity index is 1.66. The third-order valence-electron chi connectivity index (χ3n) is 4.83. The van der Waals surface area contributed by atoms with E-state index in [-0.39, 0.29) is 10.6 Å². The number of phenolic OH excluding ortho intramolecular Hbond substituents is 1. The van der Waals surface area contributed by atoms with Gasteiger partial charge in [-0.25, -0.2) is 13.4 Å². The van der Waals surface area contributed by atoms with Crippen molar-refractivity contribution in [3.63, 3.8) is 0 Å². The minimum atomic E-state index is -3.49. The zero-order valence-corrected chi connectivity index (χ0v) is 15.6. The van der Waals surface area contributed by atoms with Gasteiger partial charge in [0.15, 0.2) is 0 Å². The molecule has 0 radical (unpaired) electrons. The van der Waals surface area contributed by atoms with E-state index in [1.165, 1.54) is 0 Å². The topological polar surface area (TPSA) is 86.3 Å². The highest BCUT2D eigenvalue weighted by Gasteiger charge is 2.26. The van der Waals surface area contributed by atoms with E-state index in [9.17, 15) is 13.5 Å². The summed E-state index contributed by atoms with van der Waals surface area (Å²) >= 11 is 0. The van der Waals surface area contributed by atoms with Crippen LogP contribution in [0.1, 0.15) is 19.3 Å². The second kappa shape index (κ2) is 7.17. The second-order valence-electron chi connectivity index (χ2n) is 6.66. The summed E-state index contributed by atoms with van der Waals surface area (Å²) < 4.78 is 27.4. The maximum absolute atomic E-state index is 12.9. The van der Waals surface area contributed by atoms with Crippen molar-refractivity contribution in [3.05, 3.63) is 54.7 Å². The first-order valence-electron chi connectivity index (χ1n) is 9.00.